The Bertz CT molecular complexity index is 465. The molecule has 0 amide bonds. The summed E-state index contributed by atoms with van der Waals surface area (Å²) in [6.45, 7) is 4.75. The molecule has 5 nitrogen and oxygen atoms in total. The van der Waals surface area contributed by atoms with Crippen LogP contribution in [0.2, 0.25) is 0 Å². The van der Waals surface area contributed by atoms with Crippen molar-refractivity contribution in [3.63, 3.8) is 0 Å². The molecule has 0 radical (unpaired) electrons. The van der Waals surface area contributed by atoms with Gasteiger partial charge in [0.05, 0.1) is 6.61 Å². The minimum atomic E-state index is -0.601. The number of carbonyl (C=O) groups excluding carboxylic acids is 2. The Kier molecular flexibility index (Phi) is 5.60. The fourth-order valence-corrected chi connectivity index (χ4v) is 1.26. The number of nitrogens with two attached hydrogens (primary N) is 1. The third kappa shape index (κ3) is 5.72. The van der Waals surface area contributed by atoms with Crippen LogP contribution >= 0.6 is 0 Å². The Morgan fingerprint density at radius 1 is 1.21 bits per heavy atom. The van der Waals surface area contributed by atoms with E-state index in [0.717, 1.165) is 5.56 Å². The van der Waals surface area contributed by atoms with E-state index in [1.165, 1.54) is 6.92 Å². The molecule has 0 aliphatic rings. The molecule has 0 unspecified atom stereocenters. The molecule has 1 aromatic rings. The van der Waals surface area contributed by atoms with Crippen molar-refractivity contribution in [2.45, 2.75) is 13.3 Å². The summed E-state index contributed by atoms with van der Waals surface area (Å²) in [6.07, 6.45) is 0.584. The lowest BCUT2D eigenvalue weighted by Crippen LogP contribution is -2.17. The standard InChI is InChI=1S/C14H17NO4/c1-10(2)14(17)19-9-13(16)18-8-7-11-3-5-12(15)6-4-11/h3-6H,1,7-9,15H2,2H3. The predicted molar refractivity (Wildman–Crippen MR) is 71.3 cm³/mol. The van der Waals surface area contributed by atoms with Gasteiger partial charge in [0, 0.05) is 17.7 Å². The summed E-state index contributed by atoms with van der Waals surface area (Å²) in [7, 11) is 0. The third-order valence-corrected chi connectivity index (χ3v) is 2.30. The van der Waals surface area contributed by atoms with Crippen molar-refractivity contribution in [2.24, 2.45) is 0 Å². The molecule has 0 aliphatic carbocycles. The summed E-state index contributed by atoms with van der Waals surface area (Å²) < 4.78 is 9.58. The second-order valence-electron chi connectivity index (χ2n) is 4.07. The zero-order valence-corrected chi connectivity index (χ0v) is 10.8. The molecule has 0 heterocycles. The van der Waals surface area contributed by atoms with Crippen molar-refractivity contribution in [1.29, 1.82) is 0 Å². The zero-order chi connectivity index (χ0) is 14.3. The van der Waals surface area contributed by atoms with E-state index < -0.39 is 18.5 Å². The Balaban J connectivity index is 2.22. The quantitative estimate of drug-likeness (QED) is 0.477. The number of rotatable bonds is 6. The fourth-order valence-electron chi connectivity index (χ4n) is 1.26. The second-order valence-corrected chi connectivity index (χ2v) is 4.07. The average molecular weight is 263 g/mol. The number of carbonyl (C=O) groups is 2. The molecule has 1 rings (SSSR count). The number of anilines is 1. The first-order valence-electron chi connectivity index (χ1n) is 5.81. The molecule has 0 fully saturated rings. The highest BCUT2D eigenvalue weighted by atomic mass is 16.6. The van der Waals surface area contributed by atoms with Gasteiger partial charge in [-0.2, -0.15) is 0 Å². The summed E-state index contributed by atoms with van der Waals surface area (Å²) in [5.74, 6) is -1.18. The van der Waals surface area contributed by atoms with E-state index in [1.54, 1.807) is 12.1 Å². The Morgan fingerprint density at radius 3 is 2.42 bits per heavy atom. The maximum Gasteiger partial charge on any atom is 0.344 e. The third-order valence-electron chi connectivity index (χ3n) is 2.30. The van der Waals surface area contributed by atoms with Gasteiger partial charge in [-0.3, -0.25) is 0 Å². The Morgan fingerprint density at radius 2 is 1.84 bits per heavy atom. The minimum absolute atomic E-state index is 0.230. The van der Waals surface area contributed by atoms with Gasteiger partial charge in [-0.25, -0.2) is 9.59 Å². The average Bonchev–Trinajstić information content (AvgIpc) is 2.38. The number of benzene rings is 1. The van der Waals surface area contributed by atoms with Gasteiger partial charge in [-0.15, -0.1) is 0 Å². The van der Waals surface area contributed by atoms with Gasteiger partial charge < -0.3 is 15.2 Å². The van der Waals surface area contributed by atoms with Gasteiger partial charge in [-0.1, -0.05) is 18.7 Å². The lowest BCUT2D eigenvalue weighted by molar-refractivity contribution is -0.156. The molecule has 0 aliphatic heterocycles. The van der Waals surface area contributed by atoms with Crippen molar-refractivity contribution < 1.29 is 19.1 Å². The Labute approximate surface area is 112 Å². The van der Waals surface area contributed by atoms with Crippen molar-refractivity contribution in [3.8, 4) is 0 Å². The van der Waals surface area contributed by atoms with Crippen LogP contribution in [0, 0.1) is 0 Å². The molecule has 2 N–H and O–H groups in total. The molecule has 102 valence electrons. The van der Waals surface area contributed by atoms with Crippen LogP contribution < -0.4 is 5.73 Å². The van der Waals surface area contributed by atoms with Crippen LogP contribution in [0.5, 0.6) is 0 Å². The lowest BCUT2D eigenvalue weighted by atomic mass is 10.1. The van der Waals surface area contributed by atoms with Crippen molar-refractivity contribution in [3.05, 3.63) is 42.0 Å². The molecule has 1 aromatic carbocycles. The molecule has 5 heteroatoms. The van der Waals surface area contributed by atoms with Crippen LogP contribution in [0.25, 0.3) is 0 Å². The number of nitrogen functional groups attached to an aromatic ring is 1. The van der Waals surface area contributed by atoms with E-state index in [0.29, 0.717) is 12.1 Å². The lowest BCUT2D eigenvalue weighted by Gasteiger charge is -2.06. The summed E-state index contributed by atoms with van der Waals surface area (Å²) >= 11 is 0. The van der Waals surface area contributed by atoms with E-state index in [4.69, 9.17) is 10.5 Å². The maximum atomic E-state index is 11.3. The van der Waals surface area contributed by atoms with Gasteiger partial charge in [0.2, 0.25) is 0 Å². The predicted octanol–water partition coefficient (Wildman–Crippen LogP) is 1.47. The highest BCUT2D eigenvalue weighted by molar-refractivity contribution is 5.88. The smallest absolute Gasteiger partial charge is 0.344 e. The fraction of sp³-hybridized carbons (Fsp3) is 0.286. The van der Waals surface area contributed by atoms with E-state index in [-0.39, 0.29) is 12.2 Å². The molecule has 0 aromatic heterocycles. The normalized spacial score (nSPS) is 9.74. The summed E-state index contributed by atoms with van der Waals surface area (Å²) in [6, 6.07) is 7.30. The van der Waals surface area contributed by atoms with Crippen molar-refractivity contribution in [2.75, 3.05) is 18.9 Å². The molecular formula is C14H17NO4. The van der Waals surface area contributed by atoms with Gasteiger partial charge in [0.15, 0.2) is 6.61 Å². The number of esters is 2. The maximum absolute atomic E-state index is 11.3. The first-order chi connectivity index (χ1) is 8.99. The van der Waals surface area contributed by atoms with Crippen molar-refractivity contribution in [1.82, 2.24) is 0 Å². The van der Waals surface area contributed by atoms with E-state index in [2.05, 4.69) is 11.3 Å². The largest absolute Gasteiger partial charge is 0.463 e. The van der Waals surface area contributed by atoms with Crippen LogP contribution in [-0.2, 0) is 25.5 Å². The van der Waals surface area contributed by atoms with Crippen LogP contribution in [0.3, 0.4) is 0 Å². The number of hydrogen-bond acceptors (Lipinski definition) is 5. The van der Waals surface area contributed by atoms with Gasteiger partial charge in [0.1, 0.15) is 0 Å². The highest BCUT2D eigenvalue weighted by Crippen LogP contribution is 2.06. The molecule has 19 heavy (non-hydrogen) atoms. The molecule has 0 saturated carbocycles. The van der Waals surface area contributed by atoms with Crippen LogP contribution in [0.1, 0.15) is 12.5 Å². The molecular weight excluding hydrogens is 246 g/mol. The topological polar surface area (TPSA) is 78.6 Å². The summed E-state index contributed by atoms with van der Waals surface area (Å²) in [5.41, 5.74) is 7.50. The molecule has 0 atom stereocenters. The Hall–Kier alpha value is -2.30. The van der Waals surface area contributed by atoms with E-state index >= 15 is 0 Å². The zero-order valence-electron chi connectivity index (χ0n) is 10.8. The van der Waals surface area contributed by atoms with E-state index in [1.807, 2.05) is 12.1 Å². The molecule has 0 bridgehead atoms. The van der Waals surface area contributed by atoms with Gasteiger partial charge in [0.25, 0.3) is 0 Å². The molecule has 0 saturated heterocycles. The first-order valence-corrected chi connectivity index (χ1v) is 5.81. The van der Waals surface area contributed by atoms with Gasteiger partial charge >= 0.3 is 11.9 Å². The van der Waals surface area contributed by atoms with Crippen molar-refractivity contribution >= 4 is 17.6 Å². The summed E-state index contributed by atoms with van der Waals surface area (Å²) in [4.78, 5) is 22.3. The monoisotopic (exact) mass is 263 g/mol. The van der Waals surface area contributed by atoms with Crippen LogP contribution in [-0.4, -0.2) is 25.2 Å². The molecule has 0 spiro atoms. The highest BCUT2D eigenvalue weighted by Gasteiger charge is 2.08. The van der Waals surface area contributed by atoms with Gasteiger partial charge in [-0.05, 0) is 24.6 Å². The van der Waals surface area contributed by atoms with E-state index in [9.17, 15) is 9.59 Å². The SMILES string of the molecule is C=C(C)C(=O)OCC(=O)OCCc1ccc(N)cc1. The minimum Gasteiger partial charge on any atom is -0.463 e. The summed E-state index contributed by atoms with van der Waals surface area (Å²) in [5, 5.41) is 0. The van der Waals surface area contributed by atoms with Crippen LogP contribution in [0.4, 0.5) is 5.69 Å². The first kappa shape index (κ1) is 14.8. The number of hydrogen-bond donors (Lipinski definition) is 1. The second kappa shape index (κ2) is 7.20. The number of ether oxygens (including phenoxy) is 2. The van der Waals surface area contributed by atoms with Crippen LogP contribution in [0.15, 0.2) is 36.4 Å².